The number of hydrogen-bond acceptors (Lipinski definition) is 3. The van der Waals surface area contributed by atoms with Crippen LogP contribution in [0.2, 0.25) is 0 Å². The first-order valence-corrected chi connectivity index (χ1v) is 6.48. The minimum atomic E-state index is -1.02. The third-order valence-corrected chi connectivity index (χ3v) is 3.44. The molecule has 0 spiro atoms. The van der Waals surface area contributed by atoms with Gasteiger partial charge in [-0.2, -0.15) is 0 Å². The Kier molecular flexibility index (Phi) is 4.08. The number of aryl methyl sites for hydroxylation is 1. The molecule has 0 heterocycles. The van der Waals surface area contributed by atoms with Crippen LogP contribution in [0.5, 0.6) is 0 Å². The summed E-state index contributed by atoms with van der Waals surface area (Å²) in [6, 6.07) is 10.5. The average molecular weight is 284 g/mol. The number of methoxy groups -OCH3 is 1. The van der Waals surface area contributed by atoms with Crippen LogP contribution in [-0.2, 0) is 4.74 Å². The fourth-order valence-electron chi connectivity index (χ4n) is 2.32. The Balaban J connectivity index is 2.75. The van der Waals surface area contributed by atoms with Gasteiger partial charge in [0.2, 0.25) is 0 Å². The fraction of sp³-hybridized carbons (Fsp3) is 0.176. The molecule has 0 atom stereocenters. The molecule has 0 amide bonds. The SMILES string of the molecule is COC(=O)c1ccc(C(=O)O)c(C)c1-c1ccc(C)cc1. The van der Waals surface area contributed by atoms with Crippen molar-refractivity contribution in [2.24, 2.45) is 0 Å². The maximum Gasteiger partial charge on any atom is 0.338 e. The number of esters is 1. The molecule has 1 N–H and O–H groups in total. The van der Waals surface area contributed by atoms with Crippen molar-refractivity contribution in [1.29, 1.82) is 0 Å². The smallest absolute Gasteiger partial charge is 0.338 e. The number of carboxylic acids is 1. The van der Waals surface area contributed by atoms with Gasteiger partial charge >= 0.3 is 11.9 Å². The summed E-state index contributed by atoms with van der Waals surface area (Å²) >= 11 is 0. The summed E-state index contributed by atoms with van der Waals surface area (Å²) in [4.78, 5) is 23.2. The van der Waals surface area contributed by atoms with Crippen LogP contribution in [0.4, 0.5) is 0 Å². The van der Waals surface area contributed by atoms with Crippen molar-refractivity contribution in [1.82, 2.24) is 0 Å². The lowest BCUT2D eigenvalue weighted by molar-refractivity contribution is 0.0599. The van der Waals surface area contributed by atoms with E-state index in [9.17, 15) is 14.7 Å². The van der Waals surface area contributed by atoms with Crippen LogP contribution >= 0.6 is 0 Å². The summed E-state index contributed by atoms with van der Waals surface area (Å²) in [5, 5.41) is 9.25. The molecule has 0 saturated carbocycles. The molecule has 0 aliphatic rings. The number of benzene rings is 2. The molecule has 2 rings (SSSR count). The Morgan fingerprint density at radius 1 is 0.952 bits per heavy atom. The predicted octanol–water partition coefficient (Wildman–Crippen LogP) is 3.46. The lowest BCUT2D eigenvalue weighted by atomic mass is 9.91. The van der Waals surface area contributed by atoms with Crippen LogP contribution in [0.25, 0.3) is 11.1 Å². The summed E-state index contributed by atoms with van der Waals surface area (Å²) < 4.78 is 4.79. The molecule has 21 heavy (non-hydrogen) atoms. The molecule has 2 aromatic rings. The Hall–Kier alpha value is -2.62. The maximum absolute atomic E-state index is 11.9. The first kappa shape index (κ1) is 14.8. The summed E-state index contributed by atoms with van der Waals surface area (Å²) in [7, 11) is 1.31. The molecular formula is C17H16O4. The molecule has 108 valence electrons. The number of carboxylic acid groups (broad SMARTS) is 1. The van der Waals surface area contributed by atoms with E-state index < -0.39 is 11.9 Å². The Labute approximate surface area is 123 Å². The maximum atomic E-state index is 11.9. The van der Waals surface area contributed by atoms with Gasteiger partial charge in [-0.15, -0.1) is 0 Å². The second-order valence-corrected chi connectivity index (χ2v) is 4.82. The molecule has 2 aromatic carbocycles. The summed E-state index contributed by atoms with van der Waals surface area (Å²) in [6.45, 7) is 3.66. The minimum absolute atomic E-state index is 0.179. The van der Waals surface area contributed by atoms with Gasteiger partial charge < -0.3 is 9.84 Å². The van der Waals surface area contributed by atoms with E-state index in [-0.39, 0.29) is 5.56 Å². The van der Waals surface area contributed by atoms with Gasteiger partial charge in [0.25, 0.3) is 0 Å². The van der Waals surface area contributed by atoms with Crippen LogP contribution in [0.15, 0.2) is 36.4 Å². The van der Waals surface area contributed by atoms with E-state index in [2.05, 4.69) is 0 Å². The number of aromatic carboxylic acids is 1. The molecular weight excluding hydrogens is 268 g/mol. The highest BCUT2D eigenvalue weighted by molar-refractivity contribution is 6.01. The van der Waals surface area contributed by atoms with E-state index in [4.69, 9.17) is 4.74 Å². The quantitative estimate of drug-likeness (QED) is 0.877. The van der Waals surface area contributed by atoms with Crippen molar-refractivity contribution < 1.29 is 19.4 Å². The van der Waals surface area contributed by atoms with Gasteiger partial charge in [0.1, 0.15) is 0 Å². The van der Waals surface area contributed by atoms with Gasteiger partial charge in [-0.05, 0) is 42.7 Å². The van der Waals surface area contributed by atoms with Crippen molar-refractivity contribution in [2.75, 3.05) is 7.11 Å². The number of carbonyl (C=O) groups excluding carboxylic acids is 1. The van der Waals surface area contributed by atoms with Crippen LogP contribution in [0, 0.1) is 13.8 Å². The van der Waals surface area contributed by atoms with Gasteiger partial charge in [-0.1, -0.05) is 29.8 Å². The van der Waals surface area contributed by atoms with Crippen LogP contribution in [-0.4, -0.2) is 24.2 Å². The standard InChI is InChI=1S/C17H16O4/c1-10-4-6-12(7-5-10)15-11(2)13(16(18)19)8-9-14(15)17(20)21-3/h4-9H,1-3H3,(H,18,19). The average Bonchev–Trinajstić information content (AvgIpc) is 2.47. The molecule has 0 saturated heterocycles. The Bertz CT molecular complexity index is 699. The first-order valence-electron chi connectivity index (χ1n) is 6.48. The third-order valence-electron chi connectivity index (χ3n) is 3.44. The van der Waals surface area contributed by atoms with Crippen LogP contribution < -0.4 is 0 Å². The normalized spacial score (nSPS) is 10.2. The van der Waals surface area contributed by atoms with Gasteiger partial charge in [-0.3, -0.25) is 0 Å². The number of hydrogen-bond donors (Lipinski definition) is 1. The predicted molar refractivity (Wildman–Crippen MR) is 79.7 cm³/mol. The number of ether oxygens (including phenoxy) is 1. The van der Waals surface area contributed by atoms with Crippen molar-refractivity contribution in [3.8, 4) is 11.1 Å². The zero-order chi connectivity index (χ0) is 15.6. The second-order valence-electron chi connectivity index (χ2n) is 4.82. The van der Waals surface area contributed by atoms with Crippen molar-refractivity contribution in [3.63, 3.8) is 0 Å². The molecule has 0 aliphatic heterocycles. The highest BCUT2D eigenvalue weighted by Gasteiger charge is 2.20. The molecule has 0 aliphatic carbocycles. The fourth-order valence-corrected chi connectivity index (χ4v) is 2.32. The van der Waals surface area contributed by atoms with E-state index in [1.165, 1.54) is 19.2 Å². The van der Waals surface area contributed by atoms with Crippen molar-refractivity contribution >= 4 is 11.9 Å². The van der Waals surface area contributed by atoms with E-state index >= 15 is 0 Å². The zero-order valence-corrected chi connectivity index (χ0v) is 12.1. The van der Waals surface area contributed by atoms with Gasteiger partial charge in [0, 0.05) is 0 Å². The summed E-state index contributed by atoms with van der Waals surface area (Å²) in [6.07, 6.45) is 0. The van der Waals surface area contributed by atoms with E-state index in [1.807, 2.05) is 31.2 Å². The highest BCUT2D eigenvalue weighted by atomic mass is 16.5. The molecule has 4 nitrogen and oxygen atoms in total. The van der Waals surface area contributed by atoms with Gasteiger partial charge in [0.05, 0.1) is 18.2 Å². The van der Waals surface area contributed by atoms with Crippen molar-refractivity contribution in [2.45, 2.75) is 13.8 Å². The zero-order valence-electron chi connectivity index (χ0n) is 12.1. The van der Waals surface area contributed by atoms with E-state index in [0.717, 1.165) is 11.1 Å². The highest BCUT2D eigenvalue weighted by Crippen LogP contribution is 2.30. The monoisotopic (exact) mass is 284 g/mol. The van der Waals surface area contributed by atoms with Crippen LogP contribution in [0.3, 0.4) is 0 Å². The number of rotatable bonds is 3. The largest absolute Gasteiger partial charge is 0.478 e. The minimum Gasteiger partial charge on any atom is -0.478 e. The van der Waals surface area contributed by atoms with Gasteiger partial charge in [-0.25, -0.2) is 9.59 Å². The summed E-state index contributed by atoms with van der Waals surface area (Å²) in [5.74, 6) is -1.50. The molecule has 0 aromatic heterocycles. The Morgan fingerprint density at radius 3 is 2.05 bits per heavy atom. The van der Waals surface area contributed by atoms with Gasteiger partial charge in [0.15, 0.2) is 0 Å². The van der Waals surface area contributed by atoms with Crippen molar-refractivity contribution in [3.05, 3.63) is 58.7 Å². The lowest BCUT2D eigenvalue weighted by Crippen LogP contribution is -2.09. The molecule has 0 bridgehead atoms. The van der Waals surface area contributed by atoms with Crippen LogP contribution in [0.1, 0.15) is 31.8 Å². The second kappa shape index (κ2) is 5.79. The summed E-state index contributed by atoms with van der Waals surface area (Å²) in [5.41, 5.74) is 3.57. The molecule has 0 radical (unpaired) electrons. The number of carbonyl (C=O) groups is 2. The molecule has 0 fully saturated rings. The Morgan fingerprint density at radius 2 is 1.52 bits per heavy atom. The first-order chi connectivity index (χ1) is 9.95. The van der Waals surface area contributed by atoms with E-state index in [1.54, 1.807) is 6.92 Å². The molecule has 4 heteroatoms. The van der Waals surface area contributed by atoms with E-state index in [0.29, 0.717) is 16.7 Å². The lowest BCUT2D eigenvalue weighted by Gasteiger charge is -2.14. The topological polar surface area (TPSA) is 63.6 Å². The third kappa shape index (κ3) is 2.79. The molecule has 0 unspecified atom stereocenters.